The van der Waals surface area contributed by atoms with E-state index in [1.807, 2.05) is 14.0 Å². The van der Waals surface area contributed by atoms with E-state index in [-0.39, 0.29) is 11.7 Å². The van der Waals surface area contributed by atoms with Gasteiger partial charge in [-0.15, -0.1) is 0 Å². The van der Waals surface area contributed by atoms with Gasteiger partial charge in [-0.3, -0.25) is 4.79 Å². The second-order valence-corrected chi connectivity index (χ2v) is 3.38. The molecule has 0 amide bonds. The van der Waals surface area contributed by atoms with Crippen LogP contribution in [0.1, 0.15) is 29.9 Å². The van der Waals surface area contributed by atoms with Crippen molar-refractivity contribution in [3.05, 3.63) is 11.3 Å². The molecule has 0 aliphatic heterocycles. The van der Waals surface area contributed by atoms with Gasteiger partial charge in [-0.1, -0.05) is 0 Å². The lowest BCUT2D eigenvalue weighted by Gasteiger charge is -2.00. The highest BCUT2D eigenvalue weighted by molar-refractivity contribution is 5.94. The fourth-order valence-corrected chi connectivity index (χ4v) is 1.47. The Balaban J connectivity index is 3.07. The van der Waals surface area contributed by atoms with Gasteiger partial charge in [0.25, 0.3) is 0 Å². The fourth-order valence-electron chi connectivity index (χ4n) is 1.47. The van der Waals surface area contributed by atoms with Crippen LogP contribution in [0.3, 0.4) is 0 Å². The molecule has 0 atom stereocenters. The molecule has 5 nitrogen and oxygen atoms in total. The van der Waals surface area contributed by atoms with E-state index < -0.39 is 0 Å². The molecule has 2 N–H and O–H groups in total. The van der Waals surface area contributed by atoms with Crippen molar-refractivity contribution in [1.29, 1.82) is 0 Å². The molecule has 1 aromatic rings. The summed E-state index contributed by atoms with van der Waals surface area (Å²) in [6.07, 6.45) is 0.608. The summed E-state index contributed by atoms with van der Waals surface area (Å²) in [6, 6.07) is 0. The van der Waals surface area contributed by atoms with E-state index in [9.17, 15) is 9.90 Å². The number of aryl methyl sites for hydroxylation is 1. The van der Waals surface area contributed by atoms with Crippen LogP contribution in [0.5, 0.6) is 5.88 Å². The standard InChI is InChI=1S/C10H17N3O2/c1-4-13-10(15)8(5-6-11-3)9(12-13)7(2)14/h11,15H,4-6H2,1-3H3. The zero-order chi connectivity index (χ0) is 11.4. The van der Waals surface area contributed by atoms with Crippen molar-refractivity contribution in [3.8, 4) is 5.88 Å². The Labute approximate surface area is 89.1 Å². The van der Waals surface area contributed by atoms with Gasteiger partial charge in [-0.25, -0.2) is 4.68 Å². The monoisotopic (exact) mass is 211 g/mol. The minimum atomic E-state index is -0.108. The number of nitrogens with zero attached hydrogens (tertiary/aromatic N) is 2. The molecule has 0 unspecified atom stereocenters. The smallest absolute Gasteiger partial charge is 0.213 e. The summed E-state index contributed by atoms with van der Waals surface area (Å²) in [5, 5.41) is 16.9. The first-order chi connectivity index (χ1) is 7.11. The number of carbonyl (C=O) groups excluding carboxylic acids is 1. The summed E-state index contributed by atoms with van der Waals surface area (Å²) in [7, 11) is 1.83. The molecule has 1 aromatic heterocycles. The molecule has 0 saturated carbocycles. The number of hydrogen-bond donors (Lipinski definition) is 2. The Hall–Kier alpha value is -1.36. The van der Waals surface area contributed by atoms with Gasteiger partial charge in [0.05, 0.1) is 0 Å². The molecular weight excluding hydrogens is 194 g/mol. The van der Waals surface area contributed by atoms with Crippen molar-refractivity contribution < 1.29 is 9.90 Å². The summed E-state index contributed by atoms with van der Waals surface area (Å²) >= 11 is 0. The first kappa shape index (κ1) is 11.7. The van der Waals surface area contributed by atoms with Gasteiger partial charge >= 0.3 is 0 Å². The molecular formula is C10H17N3O2. The third-order valence-electron chi connectivity index (χ3n) is 2.28. The fraction of sp³-hybridized carbons (Fsp3) is 0.600. The number of hydrogen-bond acceptors (Lipinski definition) is 4. The average molecular weight is 211 g/mol. The molecule has 84 valence electrons. The molecule has 0 saturated heterocycles. The van der Waals surface area contributed by atoms with Crippen LogP contribution < -0.4 is 5.32 Å². The van der Waals surface area contributed by atoms with Crippen molar-refractivity contribution in [2.24, 2.45) is 0 Å². The maximum atomic E-state index is 11.3. The highest BCUT2D eigenvalue weighted by Gasteiger charge is 2.18. The average Bonchev–Trinajstić information content (AvgIpc) is 2.52. The van der Waals surface area contributed by atoms with Crippen molar-refractivity contribution >= 4 is 5.78 Å². The van der Waals surface area contributed by atoms with Gasteiger partial charge in [0, 0.05) is 19.0 Å². The van der Waals surface area contributed by atoms with Crippen LogP contribution in [0.15, 0.2) is 0 Å². The Kier molecular flexibility index (Phi) is 3.85. The minimum absolute atomic E-state index is 0.108. The van der Waals surface area contributed by atoms with Gasteiger partial charge in [-0.05, 0) is 26.9 Å². The summed E-state index contributed by atoms with van der Waals surface area (Å²) in [5.41, 5.74) is 1.02. The molecule has 1 heterocycles. The van der Waals surface area contributed by atoms with E-state index in [0.29, 0.717) is 30.8 Å². The third kappa shape index (κ3) is 2.36. The Bertz CT molecular complexity index is 358. The molecule has 0 fully saturated rings. The second-order valence-electron chi connectivity index (χ2n) is 3.38. The van der Waals surface area contributed by atoms with E-state index in [0.717, 1.165) is 0 Å². The molecule has 15 heavy (non-hydrogen) atoms. The molecule has 0 aliphatic carbocycles. The predicted molar refractivity (Wildman–Crippen MR) is 57.2 cm³/mol. The van der Waals surface area contributed by atoms with Crippen LogP contribution in [-0.4, -0.2) is 34.3 Å². The van der Waals surface area contributed by atoms with Gasteiger partial charge < -0.3 is 10.4 Å². The number of aromatic nitrogens is 2. The highest BCUT2D eigenvalue weighted by Crippen LogP contribution is 2.21. The summed E-state index contributed by atoms with van der Waals surface area (Å²) in [6.45, 7) is 4.61. The Morgan fingerprint density at radius 2 is 2.27 bits per heavy atom. The van der Waals surface area contributed by atoms with Crippen molar-refractivity contribution in [2.45, 2.75) is 26.8 Å². The third-order valence-corrected chi connectivity index (χ3v) is 2.28. The topological polar surface area (TPSA) is 67.2 Å². The molecule has 5 heteroatoms. The Morgan fingerprint density at radius 1 is 1.60 bits per heavy atom. The zero-order valence-corrected chi connectivity index (χ0v) is 9.37. The van der Waals surface area contributed by atoms with Crippen molar-refractivity contribution in [3.63, 3.8) is 0 Å². The lowest BCUT2D eigenvalue weighted by molar-refractivity contribution is 0.101. The van der Waals surface area contributed by atoms with Crippen LogP contribution >= 0.6 is 0 Å². The zero-order valence-electron chi connectivity index (χ0n) is 9.37. The number of ketones is 1. The molecule has 0 aliphatic rings. The van der Waals surface area contributed by atoms with E-state index in [1.165, 1.54) is 11.6 Å². The molecule has 0 spiro atoms. The second kappa shape index (κ2) is 4.93. The quantitative estimate of drug-likeness (QED) is 0.699. The first-order valence-corrected chi connectivity index (χ1v) is 5.06. The minimum Gasteiger partial charge on any atom is -0.493 e. The van der Waals surface area contributed by atoms with Gasteiger partial charge in [0.15, 0.2) is 5.78 Å². The van der Waals surface area contributed by atoms with E-state index >= 15 is 0 Å². The molecule has 1 rings (SSSR count). The summed E-state index contributed by atoms with van der Waals surface area (Å²) in [4.78, 5) is 11.3. The van der Waals surface area contributed by atoms with Crippen molar-refractivity contribution in [1.82, 2.24) is 15.1 Å². The maximum absolute atomic E-state index is 11.3. The number of carbonyl (C=O) groups is 1. The van der Waals surface area contributed by atoms with Gasteiger partial charge in [-0.2, -0.15) is 5.10 Å². The summed E-state index contributed by atoms with van der Waals surface area (Å²) in [5.74, 6) is 0.00144. The number of aromatic hydroxyl groups is 1. The normalized spacial score (nSPS) is 10.6. The predicted octanol–water partition coefficient (Wildman–Crippen LogP) is 0.573. The van der Waals surface area contributed by atoms with Gasteiger partial charge in [0.1, 0.15) is 5.69 Å². The number of likely N-dealkylation sites (N-methyl/N-ethyl adjacent to an activating group) is 1. The van der Waals surface area contributed by atoms with Crippen LogP contribution in [0, 0.1) is 0 Å². The molecule has 0 bridgehead atoms. The highest BCUT2D eigenvalue weighted by atomic mass is 16.3. The largest absolute Gasteiger partial charge is 0.493 e. The van der Waals surface area contributed by atoms with E-state index in [2.05, 4.69) is 10.4 Å². The van der Waals surface area contributed by atoms with Crippen LogP contribution in [0.25, 0.3) is 0 Å². The number of Topliss-reactive ketones (excluding diaryl/α,β-unsaturated/α-hetero) is 1. The van der Waals surface area contributed by atoms with Crippen LogP contribution in [0.2, 0.25) is 0 Å². The Morgan fingerprint density at radius 3 is 2.73 bits per heavy atom. The van der Waals surface area contributed by atoms with Crippen LogP contribution in [-0.2, 0) is 13.0 Å². The molecule has 0 aromatic carbocycles. The van der Waals surface area contributed by atoms with E-state index in [4.69, 9.17) is 0 Å². The first-order valence-electron chi connectivity index (χ1n) is 5.06. The summed E-state index contributed by atoms with van der Waals surface area (Å²) < 4.78 is 1.45. The number of rotatable bonds is 5. The van der Waals surface area contributed by atoms with Gasteiger partial charge in [0.2, 0.25) is 5.88 Å². The molecule has 0 radical (unpaired) electrons. The lowest BCUT2D eigenvalue weighted by Crippen LogP contribution is -2.11. The van der Waals surface area contributed by atoms with Crippen molar-refractivity contribution in [2.75, 3.05) is 13.6 Å². The SMILES string of the molecule is CCn1nc(C(C)=O)c(CCNC)c1O. The van der Waals surface area contributed by atoms with E-state index in [1.54, 1.807) is 0 Å². The number of nitrogens with one attached hydrogen (secondary N) is 1. The maximum Gasteiger partial charge on any atom is 0.213 e. The lowest BCUT2D eigenvalue weighted by atomic mass is 10.1. The van der Waals surface area contributed by atoms with Crippen LogP contribution in [0.4, 0.5) is 0 Å².